The van der Waals surface area contributed by atoms with Crippen molar-refractivity contribution >= 4 is 28.1 Å². The fourth-order valence-electron chi connectivity index (χ4n) is 2.98. The number of nitrogens with zero attached hydrogens (tertiary/aromatic N) is 1. The molecule has 0 radical (unpaired) electrons. The molecule has 4 N–H and O–H groups in total. The van der Waals surface area contributed by atoms with E-state index in [1.165, 1.54) is 11.6 Å². The van der Waals surface area contributed by atoms with E-state index in [-0.39, 0.29) is 11.6 Å². The van der Waals surface area contributed by atoms with Gasteiger partial charge in [0.2, 0.25) is 5.89 Å². The van der Waals surface area contributed by atoms with Crippen molar-refractivity contribution in [3.05, 3.63) is 78.7 Å². The van der Waals surface area contributed by atoms with Crippen molar-refractivity contribution in [3.63, 3.8) is 0 Å². The minimum atomic E-state index is -0.273. The van der Waals surface area contributed by atoms with E-state index in [4.69, 9.17) is 10.2 Å². The monoisotopic (exact) mass is 372 g/mol. The molecule has 4 aromatic rings. The number of oxazole rings is 1. The van der Waals surface area contributed by atoms with Gasteiger partial charge in [0.05, 0.1) is 0 Å². The minimum Gasteiger partial charge on any atom is -0.444 e. The third-order valence-electron chi connectivity index (χ3n) is 4.41. The van der Waals surface area contributed by atoms with Crippen LogP contribution in [0.15, 0.2) is 77.4 Å². The van der Waals surface area contributed by atoms with Crippen molar-refractivity contribution in [1.29, 1.82) is 0 Å². The normalized spacial score (nSPS) is 10.7. The van der Waals surface area contributed by atoms with Gasteiger partial charge >= 0.3 is 0 Å². The van der Waals surface area contributed by atoms with Crippen LogP contribution in [0, 0.1) is 0 Å². The lowest BCUT2D eigenvalue weighted by Crippen LogP contribution is -2.29. The van der Waals surface area contributed by atoms with Crippen molar-refractivity contribution < 1.29 is 9.21 Å². The Morgan fingerprint density at radius 1 is 0.964 bits per heavy atom. The number of hydrogen-bond acceptors (Lipinski definition) is 5. The highest BCUT2D eigenvalue weighted by atomic mass is 16.3. The van der Waals surface area contributed by atoms with Crippen LogP contribution in [0.25, 0.3) is 22.2 Å². The van der Waals surface area contributed by atoms with Crippen LogP contribution in [0.3, 0.4) is 0 Å². The number of nitrogen functional groups attached to an aromatic ring is 1. The van der Waals surface area contributed by atoms with Crippen LogP contribution in [-0.4, -0.2) is 24.0 Å². The van der Waals surface area contributed by atoms with Gasteiger partial charge in [-0.15, -0.1) is 0 Å². The summed E-state index contributed by atoms with van der Waals surface area (Å²) in [6, 6.07) is 21.4. The molecule has 0 saturated heterocycles. The van der Waals surface area contributed by atoms with E-state index >= 15 is 0 Å². The van der Waals surface area contributed by atoms with Gasteiger partial charge in [-0.2, -0.15) is 0 Å². The molecule has 0 atom stereocenters. The molecule has 1 heterocycles. The van der Waals surface area contributed by atoms with Crippen LogP contribution < -0.4 is 16.4 Å². The molecule has 1 aromatic heterocycles. The Bertz CT molecular complexity index is 1100. The highest BCUT2D eigenvalue weighted by Crippen LogP contribution is 2.22. The Morgan fingerprint density at radius 3 is 2.61 bits per heavy atom. The Hall–Kier alpha value is -3.80. The number of carbonyl (C=O) groups is 1. The van der Waals surface area contributed by atoms with Crippen molar-refractivity contribution in [3.8, 4) is 11.5 Å². The molecule has 6 nitrogen and oxygen atoms in total. The first-order chi connectivity index (χ1) is 13.7. The number of carbonyl (C=O) groups excluding carboxylic acids is 1. The second kappa shape index (κ2) is 7.84. The Labute approximate surface area is 162 Å². The van der Waals surface area contributed by atoms with Crippen molar-refractivity contribution in [2.75, 3.05) is 24.1 Å². The molecule has 28 heavy (non-hydrogen) atoms. The zero-order valence-corrected chi connectivity index (χ0v) is 15.2. The van der Waals surface area contributed by atoms with Crippen LogP contribution in [0.5, 0.6) is 0 Å². The number of aromatic nitrogens is 1. The minimum absolute atomic E-state index is 0.247. The van der Waals surface area contributed by atoms with E-state index < -0.39 is 0 Å². The van der Waals surface area contributed by atoms with Gasteiger partial charge in [-0.25, -0.2) is 4.98 Å². The summed E-state index contributed by atoms with van der Waals surface area (Å²) in [7, 11) is 0. The first kappa shape index (κ1) is 17.6. The van der Waals surface area contributed by atoms with E-state index in [0.717, 1.165) is 16.6 Å². The van der Waals surface area contributed by atoms with Gasteiger partial charge in [0.1, 0.15) is 6.26 Å². The van der Waals surface area contributed by atoms with E-state index in [0.29, 0.717) is 24.7 Å². The first-order valence-corrected chi connectivity index (χ1v) is 9.02. The number of fused-ring (bicyclic) bond motifs is 1. The predicted molar refractivity (Wildman–Crippen MR) is 111 cm³/mol. The lowest BCUT2D eigenvalue weighted by atomic mass is 10.1. The number of anilines is 2. The van der Waals surface area contributed by atoms with Gasteiger partial charge in [0.25, 0.3) is 5.91 Å². The van der Waals surface area contributed by atoms with Crippen LogP contribution in [0.1, 0.15) is 10.5 Å². The second-order valence-corrected chi connectivity index (χ2v) is 6.37. The van der Waals surface area contributed by atoms with Crippen molar-refractivity contribution in [2.24, 2.45) is 0 Å². The molecule has 0 spiro atoms. The van der Waals surface area contributed by atoms with Crippen LogP contribution in [0.4, 0.5) is 11.4 Å². The fourth-order valence-corrected chi connectivity index (χ4v) is 2.98. The largest absolute Gasteiger partial charge is 0.444 e. The zero-order chi connectivity index (χ0) is 19.3. The van der Waals surface area contributed by atoms with Gasteiger partial charge in [-0.1, -0.05) is 36.4 Å². The Balaban J connectivity index is 1.33. The molecule has 6 heteroatoms. The fraction of sp³-hybridized carbons (Fsp3) is 0.0909. The summed E-state index contributed by atoms with van der Waals surface area (Å²) in [5, 5.41) is 8.54. The maximum Gasteiger partial charge on any atom is 0.273 e. The molecule has 140 valence electrons. The van der Waals surface area contributed by atoms with Gasteiger partial charge in [-0.05, 0) is 35.7 Å². The van der Waals surface area contributed by atoms with E-state index in [1.54, 1.807) is 24.3 Å². The third-order valence-corrected chi connectivity index (χ3v) is 4.41. The number of hydrogen-bond donors (Lipinski definition) is 3. The van der Waals surface area contributed by atoms with Crippen LogP contribution in [-0.2, 0) is 0 Å². The lowest BCUT2D eigenvalue weighted by molar-refractivity contribution is 0.0950. The number of amides is 1. The Morgan fingerprint density at radius 2 is 1.75 bits per heavy atom. The molecule has 0 aliphatic rings. The molecular weight excluding hydrogens is 352 g/mol. The maximum absolute atomic E-state index is 12.3. The summed E-state index contributed by atoms with van der Waals surface area (Å²) in [5.41, 5.74) is 8.39. The molecule has 3 aromatic carbocycles. The molecule has 0 aliphatic heterocycles. The van der Waals surface area contributed by atoms with Crippen molar-refractivity contribution in [2.45, 2.75) is 0 Å². The van der Waals surface area contributed by atoms with Crippen LogP contribution >= 0.6 is 0 Å². The molecule has 0 aliphatic carbocycles. The molecule has 0 unspecified atom stereocenters. The molecular formula is C22H20N4O2. The maximum atomic E-state index is 12.3. The summed E-state index contributed by atoms with van der Waals surface area (Å²) in [5.74, 6) is 0.115. The first-order valence-electron chi connectivity index (χ1n) is 9.02. The summed E-state index contributed by atoms with van der Waals surface area (Å²) in [6.07, 6.45) is 1.36. The molecule has 1 amide bonds. The topological polar surface area (TPSA) is 93.2 Å². The standard InChI is InChI=1S/C22H20N4O2/c23-17-10-8-16(9-11-17)22-26-20(14-28-22)21(27)25-13-12-24-19-7-3-5-15-4-1-2-6-18(15)19/h1-11,14,24H,12-13,23H2,(H,25,27). The van der Waals surface area contributed by atoms with Gasteiger partial charge < -0.3 is 20.8 Å². The van der Waals surface area contributed by atoms with Gasteiger partial charge in [0, 0.05) is 35.4 Å². The molecule has 0 saturated carbocycles. The number of benzene rings is 3. The lowest BCUT2D eigenvalue weighted by Gasteiger charge is -2.10. The van der Waals surface area contributed by atoms with Crippen molar-refractivity contribution in [1.82, 2.24) is 10.3 Å². The summed E-state index contributed by atoms with van der Waals surface area (Å²) in [6.45, 7) is 1.06. The van der Waals surface area contributed by atoms with Gasteiger partial charge in [-0.3, -0.25) is 4.79 Å². The van der Waals surface area contributed by atoms with E-state index in [9.17, 15) is 4.79 Å². The molecule has 0 fully saturated rings. The van der Waals surface area contributed by atoms with Gasteiger partial charge in [0.15, 0.2) is 5.69 Å². The zero-order valence-electron chi connectivity index (χ0n) is 15.2. The van der Waals surface area contributed by atoms with E-state index in [2.05, 4.69) is 33.8 Å². The SMILES string of the molecule is Nc1ccc(-c2nc(C(=O)NCCNc3cccc4ccccc34)co2)cc1. The summed E-state index contributed by atoms with van der Waals surface area (Å²) < 4.78 is 5.41. The average molecular weight is 372 g/mol. The third kappa shape index (κ3) is 3.81. The quantitative estimate of drug-likeness (QED) is 0.352. The predicted octanol–water partition coefficient (Wildman–Crippen LogP) is 3.92. The van der Waals surface area contributed by atoms with E-state index in [1.807, 2.05) is 24.3 Å². The smallest absolute Gasteiger partial charge is 0.273 e. The number of nitrogens with two attached hydrogens (primary N) is 1. The second-order valence-electron chi connectivity index (χ2n) is 6.37. The van der Waals surface area contributed by atoms with Crippen LogP contribution in [0.2, 0.25) is 0 Å². The highest BCUT2D eigenvalue weighted by Gasteiger charge is 2.13. The average Bonchev–Trinajstić information content (AvgIpc) is 3.22. The highest BCUT2D eigenvalue weighted by molar-refractivity contribution is 5.94. The molecule has 4 rings (SSSR count). The number of rotatable bonds is 6. The number of nitrogens with one attached hydrogen (secondary N) is 2. The Kier molecular flexibility index (Phi) is 4.93. The summed E-state index contributed by atoms with van der Waals surface area (Å²) >= 11 is 0. The summed E-state index contributed by atoms with van der Waals surface area (Å²) in [4.78, 5) is 16.5. The molecule has 0 bridgehead atoms.